The molecule has 1 fully saturated rings. The van der Waals surface area contributed by atoms with Crippen molar-refractivity contribution in [2.24, 2.45) is 5.92 Å². The highest BCUT2D eigenvalue weighted by atomic mass is 16.6. The van der Waals surface area contributed by atoms with Gasteiger partial charge in [-0.15, -0.1) is 0 Å². The Hall–Kier alpha value is -3.17. The summed E-state index contributed by atoms with van der Waals surface area (Å²) in [5, 5.41) is 13.7. The lowest BCUT2D eigenvalue weighted by Crippen LogP contribution is -2.39. The Morgan fingerprint density at radius 3 is 2.73 bits per heavy atom. The molecule has 1 aliphatic carbocycles. The number of aromatic nitrogens is 1. The summed E-state index contributed by atoms with van der Waals surface area (Å²) in [7, 11) is 0. The number of aryl methyl sites for hydroxylation is 1. The third kappa shape index (κ3) is 5.46. The first-order chi connectivity index (χ1) is 14.3. The predicted octanol–water partition coefficient (Wildman–Crippen LogP) is 2.52. The van der Waals surface area contributed by atoms with Crippen molar-refractivity contribution in [3.8, 4) is 0 Å². The average molecular weight is 419 g/mol. The lowest BCUT2D eigenvalue weighted by molar-refractivity contribution is -0.384. The van der Waals surface area contributed by atoms with Gasteiger partial charge in [0.25, 0.3) is 11.6 Å². The maximum atomic E-state index is 12.0. The summed E-state index contributed by atoms with van der Waals surface area (Å²) in [5.74, 6) is -0.800. The number of nitro groups is 1. The van der Waals surface area contributed by atoms with Crippen molar-refractivity contribution in [1.29, 1.82) is 0 Å². The van der Waals surface area contributed by atoms with Gasteiger partial charge in [-0.3, -0.25) is 24.3 Å². The molecule has 162 valence electrons. The summed E-state index contributed by atoms with van der Waals surface area (Å²) >= 11 is 0. The predicted molar refractivity (Wildman–Crippen MR) is 107 cm³/mol. The largest absolute Gasteiger partial charge is 0.456 e. The monoisotopic (exact) mass is 419 g/mol. The van der Waals surface area contributed by atoms with Crippen LogP contribution in [0.4, 0.5) is 5.69 Å². The highest BCUT2D eigenvalue weighted by molar-refractivity contribution is 5.80. The van der Waals surface area contributed by atoms with Crippen LogP contribution in [0.5, 0.6) is 0 Å². The molecule has 3 rings (SSSR count). The number of nitrogens with one attached hydrogen (secondary N) is 1. The summed E-state index contributed by atoms with van der Waals surface area (Å²) in [6, 6.07) is 4.05. The third-order valence-electron chi connectivity index (χ3n) is 5.37. The van der Waals surface area contributed by atoms with Crippen molar-refractivity contribution >= 4 is 28.7 Å². The van der Waals surface area contributed by atoms with E-state index in [0.29, 0.717) is 17.9 Å². The van der Waals surface area contributed by atoms with E-state index in [4.69, 9.17) is 9.15 Å². The van der Waals surface area contributed by atoms with Gasteiger partial charge in [0.2, 0.25) is 0 Å². The van der Waals surface area contributed by atoms with Gasteiger partial charge in [-0.25, -0.2) is 4.79 Å². The molecule has 1 N–H and O–H groups in total. The molecule has 10 nitrogen and oxygen atoms in total. The van der Waals surface area contributed by atoms with E-state index in [1.807, 2.05) is 0 Å². The van der Waals surface area contributed by atoms with Gasteiger partial charge in [-0.05, 0) is 44.1 Å². The molecule has 0 radical (unpaired) electrons. The lowest BCUT2D eigenvalue weighted by Gasteiger charge is -2.26. The van der Waals surface area contributed by atoms with Gasteiger partial charge in [-0.2, -0.15) is 0 Å². The van der Waals surface area contributed by atoms with Crippen LogP contribution < -0.4 is 11.1 Å². The van der Waals surface area contributed by atoms with Crippen LogP contribution in [0.15, 0.2) is 27.4 Å². The molecular weight excluding hydrogens is 394 g/mol. The minimum absolute atomic E-state index is 0.0281. The molecule has 0 saturated heterocycles. The van der Waals surface area contributed by atoms with Crippen LogP contribution in [0.2, 0.25) is 0 Å². The zero-order valence-electron chi connectivity index (χ0n) is 16.8. The molecule has 0 atom stereocenters. The minimum Gasteiger partial charge on any atom is -0.456 e. The Morgan fingerprint density at radius 1 is 1.30 bits per heavy atom. The highest BCUT2D eigenvalue weighted by Gasteiger charge is 2.20. The molecule has 1 aromatic heterocycles. The fourth-order valence-corrected chi connectivity index (χ4v) is 3.65. The number of hydrogen-bond acceptors (Lipinski definition) is 7. The van der Waals surface area contributed by atoms with Crippen molar-refractivity contribution in [2.45, 2.75) is 58.0 Å². The number of ether oxygens (including phenoxy) is 1. The van der Waals surface area contributed by atoms with Crippen LogP contribution in [0, 0.1) is 16.0 Å². The highest BCUT2D eigenvalue weighted by Crippen LogP contribution is 2.23. The summed E-state index contributed by atoms with van der Waals surface area (Å²) in [5.41, 5.74) is 0.360. The normalized spacial score (nSPS) is 18.8. The standard InChI is InChI=1S/C20H25N3O7/c1-13-4-6-14(7-5-13)21-18(24)12-29-19(25)3-2-10-22-16-9-8-15(23(27)28)11-17(16)30-20(22)26/h8-9,11,13-14H,2-7,10,12H2,1H3,(H,21,24). The Balaban J connectivity index is 1.43. The second-order valence-electron chi connectivity index (χ2n) is 7.72. The number of rotatable bonds is 8. The number of nitro benzene ring substituents is 1. The number of carbonyl (C=O) groups excluding carboxylic acids is 2. The topological polar surface area (TPSA) is 134 Å². The number of amides is 1. The molecule has 0 spiro atoms. The van der Waals surface area contributed by atoms with Gasteiger partial charge in [0.05, 0.1) is 16.5 Å². The molecule has 1 aliphatic rings. The molecule has 0 aliphatic heterocycles. The van der Waals surface area contributed by atoms with Crippen LogP contribution in [-0.4, -0.2) is 34.0 Å². The summed E-state index contributed by atoms with van der Waals surface area (Å²) < 4.78 is 11.4. The van der Waals surface area contributed by atoms with Crippen LogP contribution in [-0.2, 0) is 20.9 Å². The second-order valence-corrected chi connectivity index (χ2v) is 7.72. The molecular formula is C20H25N3O7. The molecule has 1 saturated carbocycles. The molecule has 1 amide bonds. The number of non-ortho nitro benzene ring substituents is 1. The van der Waals surface area contributed by atoms with E-state index in [1.54, 1.807) is 0 Å². The number of hydrogen-bond donors (Lipinski definition) is 1. The van der Waals surface area contributed by atoms with Crippen LogP contribution in [0.25, 0.3) is 11.1 Å². The Labute approximate surface area is 172 Å². The zero-order valence-corrected chi connectivity index (χ0v) is 16.8. The first-order valence-corrected chi connectivity index (χ1v) is 10.1. The van der Waals surface area contributed by atoms with Gasteiger partial charge < -0.3 is 14.5 Å². The number of fused-ring (bicyclic) bond motifs is 1. The fraction of sp³-hybridized carbons (Fsp3) is 0.550. The maximum absolute atomic E-state index is 12.0. The van der Waals surface area contributed by atoms with E-state index in [0.717, 1.165) is 25.7 Å². The van der Waals surface area contributed by atoms with Crippen molar-refractivity contribution < 1.29 is 23.7 Å². The van der Waals surface area contributed by atoms with E-state index < -0.39 is 16.6 Å². The molecule has 1 heterocycles. The lowest BCUT2D eigenvalue weighted by atomic mass is 9.87. The first kappa shape index (κ1) is 21.5. The Morgan fingerprint density at radius 2 is 2.03 bits per heavy atom. The minimum atomic E-state index is -0.653. The number of oxazole rings is 1. The quantitative estimate of drug-likeness (QED) is 0.395. The van der Waals surface area contributed by atoms with Crippen molar-refractivity contribution in [1.82, 2.24) is 9.88 Å². The van der Waals surface area contributed by atoms with E-state index >= 15 is 0 Å². The number of benzene rings is 1. The van der Waals surface area contributed by atoms with Crippen molar-refractivity contribution in [2.75, 3.05) is 6.61 Å². The van der Waals surface area contributed by atoms with Crippen LogP contribution >= 0.6 is 0 Å². The number of carbonyl (C=O) groups is 2. The summed E-state index contributed by atoms with van der Waals surface area (Å²) in [6.45, 7) is 2.07. The first-order valence-electron chi connectivity index (χ1n) is 10.1. The smallest absolute Gasteiger partial charge is 0.419 e. The zero-order chi connectivity index (χ0) is 21.7. The van der Waals surface area contributed by atoms with Crippen LogP contribution in [0.1, 0.15) is 45.4 Å². The molecule has 2 aromatic rings. The van der Waals surface area contributed by atoms with Crippen LogP contribution in [0.3, 0.4) is 0 Å². The van der Waals surface area contributed by atoms with E-state index in [1.165, 1.54) is 22.8 Å². The third-order valence-corrected chi connectivity index (χ3v) is 5.37. The van der Waals surface area contributed by atoms with E-state index in [2.05, 4.69) is 12.2 Å². The van der Waals surface area contributed by atoms with E-state index in [9.17, 15) is 24.5 Å². The van der Waals surface area contributed by atoms with Gasteiger partial charge in [0.1, 0.15) is 0 Å². The second kappa shape index (κ2) is 9.55. The fourth-order valence-electron chi connectivity index (χ4n) is 3.65. The Kier molecular flexibility index (Phi) is 6.86. The van der Waals surface area contributed by atoms with Gasteiger partial charge >= 0.3 is 11.7 Å². The van der Waals surface area contributed by atoms with Gasteiger partial charge in [0, 0.05) is 25.1 Å². The average Bonchev–Trinajstić information content (AvgIpc) is 3.02. The molecule has 1 aromatic carbocycles. The van der Waals surface area contributed by atoms with Crippen molar-refractivity contribution in [3.05, 3.63) is 38.9 Å². The van der Waals surface area contributed by atoms with E-state index in [-0.39, 0.29) is 42.8 Å². The molecule has 30 heavy (non-hydrogen) atoms. The maximum Gasteiger partial charge on any atom is 0.419 e. The summed E-state index contributed by atoms with van der Waals surface area (Å²) in [6.07, 6.45) is 4.38. The number of nitrogens with zero attached hydrogens (tertiary/aromatic N) is 2. The molecule has 0 bridgehead atoms. The summed E-state index contributed by atoms with van der Waals surface area (Å²) in [4.78, 5) is 46.0. The molecule has 10 heteroatoms. The Bertz CT molecular complexity index is 986. The number of esters is 1. The van der Waals surface area contributed by atoms with Gasteiger partial charge in [0.15, 0.2) is 12.2 Å². The van der Waals surface area contributed by atoms with Gasteiger partial charge in [-0.1, -0.05) is 6.92 Å². The SMILES string of the molecule is CC1CCC(NC(=O)COC(=O)CCCn2c(=O)oc3cc([N+](=O)[O-])ccc32)CC1. The molecule has 0 unspecified atom stereocenters. The van der Waals surface area contributed by atoms with Crippen molar-refractivity contribution in [3.63, 3.8) is 0 Å².